The topological polar surface area (TPSA) is 42.4 Å². The molecule has 1 saturated heterocycles. The van der Waals surface area contributed by atoms with Crippen molar-refractivity contribution in [2.75, 3.05) is 6.54 Å². The van der Waals surface area contributed by atoms with E-state index in [0.29, 0.717) is 18.0 Å². The van der Waals surface area contributed by atoms with Gasteiger partial charge in [0.05, 0.1) is 6.54 Å². The van der Waals surface area contributed by atoms with E-state index in [2.05, 4.69) is 30.9 Å². The van der Waals surface area contributed by atoms with E-state index < -0.39 is 0 Å². The van der Waals surface area contributed by atoms with Gasteiger partial charge in [-0.05, 0) is 44.2 Å². The van der Waals surface area contributed by atoms with Gasteiger partial charge < -0.3 is 10.2 Å². The van der Waals surface area contributed by atoms with E-state index in [9.17, 15) is 0 Å². The fourth-order valence-electron chi connectivity index (χ4n) is 3.09. The molecule has 1 aromatic heterocycles. The molecule has 2 heterocycles. The van der Waals surface area contributed by atoms with Crippen molar-refractivity contribution in [3.05, 3.63) is 23.7 Å². The van der Waals surface area contributed by atoms with Gasteiger partial charge >= 0.3 is 0 Å². The van der Waals surface area contributed by atoms with E-state index in [1.54, 1.807) is 0 Å². The number of rotatable bonds is 3. The van der Waals surface area contributed by atoms with Crippen molar-refractivity contribution in [1.29, 1.82) is 0 Å². The summed E-state index contributed by atoms with van der Waals surface area (Å²) in [5.74, 6) is 3.81. The molecule has 0 bridgehead atoms. The van der Waals surface area contributed by atoms with Crippen LogP contribution in [-0.4, -0.2) is 23.5 Å². The molecule has 2 N–H and O–H groups in total. The van der Waals surface area contributed by atoms with Crippen molar-refractivity contribution in [2.45, 2.75) is 57.7 Å². The third kappa shape index (κ3) is 2.47. The second kappa shape index (κ2) is 4.71. The molecule has 3 heteroatoms. The Kier molecular flexibility index (Phi) is 3.20. The first-order chi connectivity index (χ1) is 8.63. The lowest BCUT2D eigenvalue weighted by Gasteiger charge is -2.35. The third-order valence-corrected chi connectivity index (χ3v) is 4.57. The lowest BCUT2D eigenvalue weighted by Crippen LogP contribution is -2.44. The summed E-state index contributed by atoms with van der Waals surface area (Å²) in [5.41, 5.74) is 6.00. The summed E-state index contributed by atoms with van der Waals surface area (Å²) in [6.45, 7) is 6.60. The highest BCUT2D eigenvalue weighted by atomic mass is 16.3. The summed E-state index contributed by atoms with van der Waals surface area (Å²) in [7, 11) is 0. The van der Waals surface area contributed by atoms with Crippen molar-refractivity contribution < 1.29 is 4.42 Å². The largest absolute Gasteiger partial charge is 0.464 e. The molecular weight excluding hydrogens is 224 g/mol. The van der Waals surface area contributed by atoms with Crippen molar-refractivity contribution >= 4 is 0 Å². The number of nitrogens with two attached hydrogens (primary N) is 1. The van der Waals surface area contributed by atoms with Crippen LogP contribution in [0.25, 0.3) is 0 Å². The molecule has 3 rings (SSSR count). The van der Waals surface area contributed by atoms with E-state index in [-0.39, 0.29) is 0 Å². The molecule has 1 aromatic rings. The fraction of sp³-hybridized carbons (Fsp3) is 0.733. The Balaban J connectivity index is 1.60. The van der Waals surface area contributed by atoms with Gasteiger partial charge in [0.1, 0.15) is 11.5 Å². The van der Waals surface area contributed by atoms with Gasteiger partial charge in [0, 0.05) is 24.5 Å². The number of hydrogen-bond acceptors (Lipinski definition) is 3. The van der Waals surface area contributed by atoms with Crippen LogP contribution in [-0.2, 0) is 6.54 Å². The zero-order valence-electron chi connectivity index (χ0n) is 11.4. The van der Waals surface area contributed by atoms with Gasteiger partial charge in [-0.25, -0.2) is 0 Å². The van der Waals surface area contributed by atoms with Crippen LogP contribution in [0.15, 0.2) is 16.5 Å². The number of hydrogen-bond donors (Lipinski definition) is 1. The van der Waals surface area contributed by atoms with Crippen molar-refractivity contribution in [1.82, 2.24) is 4.90 Å². The summed E-state index contributed by atoms with van der Waals surface area (Å²) in [5, 5.41) is 0. The van der Waals surface area contributed by atoms with E-state index in [0.717, 1.165) is 37.6 Å². The SMILES string of the molecule is CC1CC1c1ccc(CN2CCC(N)CC2C)o1. The van der Waals surface area contributed by atoms with Crippen molar-refractivity contribution in [3.8, 4) is 0 Å². The summed E-state index contributed by atoms with van der Waals surface area (Å²) in [6.07, 6.45) is 3.51. The predicted molar refractivity (Wildman–Crippen MR) is 72.3 cm³/mol. The van der Waals surface area contributed by atoms with Crippen LogP contribution in [0.2, 0.25) is 0 Å². The lowest BCUT2D eigenvalue weighted by molar-refractivity contribution is 0.129. The molecule has 4 unspecified atom stereocenters. The Bertz CT molecular complexity index is 414. The van der Waals surface area contributed by atoms with E-state index >= 15 is 0 Å². The molecule has 0 spiro atoms. The Morgan fingerprint density at radius 1 is 1.33 bits per heavy atom. The maximum atomic E-state index is 6.00. The minimum atomic E-state index is 0.385. The monoisotopic (exact) mass is 248 g/mol. The first-order valence-corrected chi connectivity index (χ1v) is 7.21. The molecule has 1 aliphatic carbocycles. The van der Waals surface area contributed by atoms with Crippen molar-refractivity contribution in [3.63, 3.8) is 0 Å². The van der Waals surface area contributed by atoms with Gasteiger partial charge in [0.25, 0.3) is 0 Å². The van der Waals surface area contributed by atoms with E-state index in [1.807, 2.05) is 0 Å². The van der Waals surface area contributed by atoms with Crippen LogP contribution in [0.3, 0.4) is 0 Å². The summed E-state index contributed by atoms with van der Waals surface area (Å²) >= 11 is 0. The van der Waals surface area contributed by atoms with Gasteiger partial charge in [0.15, 0.2) is 0 Å². The molecule has 0 aromatic carbocycles. The van der Waals surface area contributed by atoms with Crippen LogP contribution in [0.1, 0.15) is 50.5 Å². The standard InChI is InChI=1S/C15H24N2O/c1-10-7-14(10)15-4-3-13(18-15)9-17-6-5-12(16)8-11(17)2/h3-4,10-12,14H,5-9,16H2,1-2H3. The quantitative estimate of drug-likeness (QED) is 0.894. The van der Waals surface area contributed by atoms with Crippen LogP contribution >= 0.6 is 0 Å². The van der Waals surface area contributed by atoms with Gasteiger partial charge in [-0.3, -0.25) is 4.90 Å². The minimum absolute atomic E-state index is 0.385. The Labute approximate surface area is 109 Å². The Morgan fingerprint density at radius 3 is 2.78 bits per heavy atom. The van der Waals surface area contributed by atoms with Gasteiger partial charge in [-0.15, -0.1) is 0 Å². The highest BCUT2D eigenvalue weighted by Gasteiger charge is 2.36. The van der Waals surface area contributed by atoms with Gasteiger partial charge in [0.2, 0.25) is 0 Å². The molecule has 18 heavy (non-hydrogen) atoms. The molecule has 1 saturated carbocycles. The number of likely N-dealkylation sites (tertiary alicyclic amines) is 1. The zero-order valence-corrected chi connectivity index (χ0v) is 11.4. The average Bonchev–Trinajstić information content (AvgIpc) is 2.88. The summed E-state index contributed by atoms with van der Waals surface area (Å²) in [6, 6.07) is 5.28. The zero-order chi connectivity index (χ0) is 12.7. The molecule has 0 radical (unpaired) electrons. The number of nitrogens with zero attached hydrogens (tertiary/aromatic N) is 1. The van der Waals surface area contributed by atoms with Crippen LogP contribution in [0, 0.1) is 5.92 Å². The molecule has 0 amide bonds. The summed E-state index contributed by atoms with van der Waals surface area (Å²) in [4.78, 5) is 2.49. The number of piperidine rings is 1. The number of furan rings is 1. The van der Waals surface area contributed by atoms with Gasteiger partial charge in [-0.2, -0.15) is 0 Å². The smallest absolute Gasteiger partial charge is 0.118 e. The van der Waals surface area contributed by atoms with Crippen LogP contribution in [0.4, 0.5) is 0 Å². The first kappa shape index (κ1) is 12.2. The van der Waals surface area contributed by atoms with Crippen LogP contribution < -0.4 is 5.73 Å². The molecule has 3 nitrogen and oxygen atoms in total. The predicted octanol–water partition coefficient (Wildman–Crippen LogP) is 2.71. The minimum Gasteiger partial charge on any atom is -0.464 e. The maximum absolute atomic E-state index is 6.00. The molecule has 4 atom stereocenters. The fourth-order valence-corrected chi connectivity index (χ4v) is 3.09. The van der Waals surface area contributed by atoms with E-state index in [1.165, 1.54) is 12.2 Å². The van der Waals surface area contributed by atoms with E-state index in [4.69, 9.17) is 10.2 Å². The van der Waals surface area contributed by atoms with Crippen LogP contribution in [0.5, 0.6) is 0 Å². The summed E-state index contributed by atoms with van der Waals surface area (Å²) < 4.78 is 5.98. The normalized spacial score (nSPS) is 36.8. The second-order valence-corrected chi connectivity index (χ2v) is 6.23. The third-order valence-electron chi connectivity index (χ3n) is 4.57. The Hall–Kier alpha value is -0.800. The second-order valence-electron chi connectivity index (χ2n) is 6.23. The first-order valence-electron chi connectivity index (χ1n) is 7.21. The molecular formula is C15H24N2O. The van der Waals surface area contributed by atoms with Crippen molar-refractivity contribution in [2.24, 2.45) is 11.7 Å². The highest BCUT2D eigenvalue weighted by molar-refractivity contribution is 5.17. The lowest BCUT2D eigenvalue weighted by atomic mass is 9.99. The van der Waals surface area contributed by atoms with Gasteiger partial charge in [-0.1, -0.05) is 6.92 Å². The molecule has 100 valence electrons. The highest BCUT2D eigenvalue weighted by Crippen LogP contribution is 2.47. The molecule has 2 aliphatic rings. The average molecular weight is 248 g/mol. The molecule has 1 aliphatic heterocycles. The Morgan fingerprint density at radius 2 is 2.11 bits per heavy atom. The molecule has 2 fully saturated rings. The maximum Gasteiger partial charge on any atom is 0.118 e.